The van der Waals surface area contributed by atoms with Gasteiger partial charge in [-0.25, -0.2) is 4.57 Å². The van der Waals surface area contributed by atoms with Crippen molar-refractivity contribution in [1.29, 1.82) is 0 Å². The molecule has 75 heavy (non-hydrogen) atoms. The summed E-state index contributed by atoms with van der Waals surface area (Å²) in [7, 11) is 1.49. The van der Waals surface area contributed by atoms with E-state index in [9.17, 15) is 19.0 Å². The highest BCUT2D eigenvalue weighted by molar-refractivity contribution is 7.47. The number of rotatable bonds is 57. The summed E-state index contributed by atoms with van der Waals surface area (Å²) >= 11 is 0. The minimum atomic E-state index is -4.45. The molecule has 0 fully saturated rings. The van der Waals surface area contributed by atoms with E-state index in [-0.39, 0.29) is 31.5 Å². The number of carbonyl (C=O) groups excluding carboxylic acids is 2. The molecule has 9 nitrogen and oxygen atoms in total. The number of nitrogens with zero attached hydrogens (tertiary/aromatic N) is 1. The van der Waals surface area contributed by atoms with Crippen molar-refractivity contribution in [2.45, 2.75) is 303 Å². The van der Waals surface area contributed by atoms with Gasteiger partial charge in [0.15, 0.2) is 0 Å². The lowest BCUT2D eigenvalue weighted by molar-refractivity contribution is -0.870. The lowest BCUT2D eigenvalue weighted by Gasteiger charge is -2.27. The van der Waals surface area contributed by atoms with Crippen LogP contribution in [0.3, 0.4) is 0 Å². The number of quaternary nitrogens is 1. The molecular formula is C65H122N2O7P+. The summed E-state index contributed by atoms with van der Waals surface area (Å²) in [4.78, 5) is 37.7. The molecule has 2 N–H and O–H groups in total. The Morgan fingerprint density at radius 1 is 0.467 bits per heavy atom. The van der Waals surface area contributed by atoms with Crippen LogP contribution in [0.25, 0.3) is 0 Å². The van der Waals surface area contributed by atoms with Gasteiger partial charge in [-0.2, -0.15) is 0 Å². The van der Waals surface area contributed by atoms with Crippen LogP contribution in [-0.4, -0.2) is 74.3 Å². The number of carbonyl (C=O) groups is 2. The summed E-state index contributed by atoms with van der Waals surface area (Å²) in [6.45, 7) is 6.98. The molecular weight excluding hydrogens is 952 g/mol. The van der Waals surface area contributed by atoms with E-state index in [1.165, 1.54) is 167 Å². The standard InChI is InChI=1S/C65H121N2O7P/c1-7-10-13-16-19-22-25-28-30-31-32-33-34-35-37-39-42-45-48-51-54-57-64(68)66-62(61-73-75(70,71)72-60-59-67(4,5)6)63(56-53-50-47-44-41-38-27-24-21-18-15-12-9-3)74-65(69)58-55-52-49-46-43-40-36-29-26-23-20-17-14-11-8-2/h19,22-23,26,28,30,32-33,53,56,62-63H,7-18,20-21,24-25,27,29,31,34-52,54-55,57-61H2,1-6H3,(H-,66,68,70,71)/p+1/b22-19-,26-23-,30-28-,33-32-,56-53-. The second kappa shape index (κ2) is 55.0. The van der Waals surface area contributed by atoms with E-state index >= 15 is 0 Å². The summed E-state index contributed by atoms with van der Waals surface area (Å²) in [5.74, 6) is -0.513. The highest BCUT2D eigenvalue weighted by Crippen LogP contribution is 2.43. The molecule has 10 heteroatoms. The van der Waals surface area contributed by atoms with Crippen LogP contribution >= 0.6 is 7.82 Å². The molecule has 0 saturated heterocycles. The van der Waals surface area contributed by atoms with Crippen molar-refractivity contribution >= 4 is 19.7 Å². The van der Waals surface area contributed by atoms with Gasteiger partial charge in [0.2, 0.25) is 5.91 Å². The fourth-order valence-corrected chi connectivity index (χ4v) is 9.74. The molecule has 0 radical (unpaired) electrons. The van der Waals surface area contributed by atoms with Crippen LogP contribution in [0.15, 0.2) is 60.8 Å². The molecule has 0 aromatic rings. The van der Waals surface area contributed by atoms with Crippen LogP contribution in [0.4, 0.5) is 0 Å². The smallest absolute Gasteiger partial charge is 0.456 e. The summed E-state index contributed by atoms with van der Waals surface area (Å²) in [5.41, 5.74) is 0. The largest absolute Gasteiger partial charge is 0.472 e. The van der Waals surface area contributed by atoms with Crippen LogP contribution in [0.1, 0.15) is 290 Å². The van der Waals surface area contributed by atoms with Crippen LogP contribution in [0, 0.1) is 0 Å². The maximum atomic E-state index is 13.6. The Labute approximate surface area is 464 Å². The zero-order valence-electron chi connectivity index (χ0n) is 50.0. The number of phosphoric acid groups is 1. The van der Waals surface area contributed by atoms with Gasteiger partial charge < -0.3 is 19.4 Å². The average molecular weight is 1070 g/mol. The molecule has 0 heterocycles. The second-order valence-electron chi connectivity index (χ2n) is 22.6. The lowest BCUT2D eigenvalue weighted by atomic mass is 10.0. The zero-order chi connectivity index (χ0) is 55.0. The Balaban J connectivity index is 5.26. The fraction of sp³-hybridized carbons (Fsp3) is 0.815. The number of esters is 1. The van der Waals surface area contributed by atoms with Gasteiger partial charge >= 0.3 is 13.8 Å². The predicted octanol–water partition coefficient (Wildman–Crippen LogP) is 19.4. The van der Waals surface area contributed by atoms with Crippen molar-refractivity contribution < 1.29 is 37.3 Å². The molecule has 438 valence electrons. The van der Waals surface area contributed by atoms with E-state index in [0.717, 1.165) is 89.9 Å². The minimum absolute atomic E-state index is 0.0372. The van der Waals surface area contributed by atoms with Gasteiger partial charge in [-0.1, -0.05) is 242 Å². The Morgan fingerprint density at radius 3 is 1.27 bits per heavy atom. The molecule has 0 bridgehead atoms. The van der Waals surface area contributed by atoms with Crippen LogP contribution in [0.5, 0.6) is 0 Å². The van der Waals surface area contributed by atoms with Crippen LogP contribution < -0.4 is 5.32 Å². The molecule has 0 aliphatic carbocycles. The van der Waals surface area contributed by atoms with Gasteiger partial charge in [0.1, 0.15) is 19.3 Å². The predicted molar refractivity (Wildman–Crippen MR) is 323 cm³/mol. The molecule has 1 amide bonds. The van der Waals surface area contributed by atoms with Gasteiger partial charge in [0, 0.05) is 12.8 Å². The summed E-state index contributed by atoms with van der Waals surface area (Å²) < 4.78 is 30.7. The SMILES string of the molecule is CCCCC/C=C\C/C=C\C/C=C\CCCCCCCCCCC(=O)NC(COP(=O)(O)OCC[N+](C)(C)C)C(/C=C\CCCCCCCCCCCCC)OC(=O)CCCCCCCCC/C=C\CCCCCC. The topological polar surface area (TPSA) is 111 Å². The Kier molecular flexibility index (Phi) is 53.4. The van der Waals surface area contributed by atoms with E-state index < -0.39 is 20.0 Å². The van der Waals surface area contributed by atoms with Crippen LogP contribution in [0.2, 0.25) is 0 Å². The molecule has 3 unspecified atom stereocenters. The van der Waals surface area contributed by atoms with E-state index in [2.05, 4.69) is 74.7 Å². The molecule has 0 aliphatic heterocycles. The first kappa shape index (κ1) is 72.7. The summed E-state index contributed by atoms with van der Waals surface area (Å²) in [5, 5.41) is 3.06. The maximum Gasteiger partial charge on any atom is 0.472 e. The number of amides is 1. The van der Waals surface area contributed by atoms with E-state index in [1.807, 2.05) is 33.3 Å². The van der Waals surface area contributed by atoms with Gasteiger partial charge in [0.25, 0.3) is 0 Å². The Hall–Kier alpha value is -2.29. The second-order valence-corrected chi connectivity index (χ2v) is 24.0. The van der Waals surface area contributed by atoms with Crippen molar-refractivity contribution in [2.24, 2.45) is 0 Å². The number of ether oxygens (including phenoxy) is 1. The van der Waals surface area contributed by atoms with Crippen LogP contribution in [-0.2, 0) is 27.9 Å². The van der Waals surface area contributed by atoms with Gasteiger partial charge in [0.05, 0.1) is 33.8 Å². The summed E-state index contributed by atoms with van der Waals surface area (Å²) in [6.07, 6.45) is 69.2. The normalized spacial score (nSPS) is 14.1. The van der Waals surface area contributed by atoms with Crippen molar-refractivity contribution in [3.05, 3.63) is 60.8 Å². The van der Waals surface area contributed by atoms with Crippen molar-refractivity contribution in [3.8, 4) is 0 Å². The first-order chi connectivity index (χ1) is 36.4. The number of hydrogen-bond donors (Lipinski definition) is 2. The molecule has 0 saturated carbocycles. The van der Waals surface area contributed by atoms with Gasteiger partial charge in [-0.3, -0.25) is 18.6 Å². The monoisotopic (exact) mass is 1070 g/mol. The van der Waals surface area contributed by atoms with Crippen molar-refractivity contribution in [1.82, 2.24) is 5.32 Å². The average Bonchev–Trinajstić information content (AvgIpc) is 3.37. The number of phosphoric ester groups is 1. The quantitative estimate of drug-likeness (QED) is 0.0205. The summed E-state index contributed by atoms with van der Waals surface area (Å²) in [6, 6.07) is -0.855. The Morgan fingerprint density at radius 2 is 0.813 bits per heavy atom. The minimum Gasteiger partial charge on any atom is -0.456 e. The third-order valence-corrected chi connectivity index (χ3v) is 14.9. The van der Waals surface area contributed by atoms with Crippen molar-refractivity contribution in [3.63, 3.8) is 0 Å². The number of likely N-dealkylation sites (N-methyl/N-ethyl adjacent to an activating group) is 1. The highest BCUT2D eigenvalue weighted by Gasteiger charge is 2.30. The number of allylic oxidation sites excluding steroid dienone is 9. The number of unbranched alkanes of at least 4 members (excludes halogenated alkanes) is 33. The Bertz CT molecular complexity index is 1470. The lowest BCUT2D eigenvalue weighted by Crippen LogP contribution is -2.47. The maximum absolute atomic E-state index is 13.6. The third kappa shape index (κ3) is 56.2. The van der Waals surface area contributed by atoms with Gasteiger partial charge in [-0.15, -0.1) is 0 Å². The zero-order valence-corrected chi connectivity index (χ0v) is 50.9. The molecule has 3 atom stereocenters. The van der Waals surface area contributed by atoms with Gasteiger partial charge in [-0.05, 0) is 96.0 Å². The van der Waals surface area contributed by atoms with E-state index in [1.54, 1.807) is 0 Å². The molecule has 0 aromatic carbocycles. The first-order valence-corrected chi connectivity index (χ1v) is 33.1. The molecule has 0 aliphatic rings. The molecule has 0 aromatic heterocycles. The van der Waals surface area contributed by atoms with Crippen molar-refractivity contribution in [2.75, 3.05) is 40.9 Å². The highest BCUT2D eigenvalue weighted by atomic mass is 31.2. The number of nitrogens with one attached hydrogen (secondary N) is 1. The molecule has 0 rings (SSSR count). The fourth-order valence-electron chi connectivity index (χ4n) is 9.00. The third-order valence-electron chi connectivity index (χ3n) is 13.9. The first-order valence-electron chi connectivity index (χ1n) is 31.6. The number of hydrogen-bond acceptors (Lipinski definition) is 6. The van der Waals surface area contributed by atoms with E-state index in [4.69, 9.17) is 13.8 Å². The molecule has 0 spiro atoms. The van der Waals surface area contributed by atoms with E-state index in [0.29, 0.717) is 17.4 Å².